The first-order valence-electron chi connectivity index (χ1n) is 11.6. The second-order valence-corrected chi connectivity index (χ2v) is 8.25. The number of aliphatic hydroxyl groups is 2. The lowest BCUT2D eigenvalue weighted by Gasteiger charge is -2.36. The van der Waals surface area contributed by atoms with Gasteiger partial charge in [0.1, 0.15) is 28.8 Å². The number of aromatic nitrogens is 1. The van der Waals surface area contributed by atoms with Gasteiger partial charge >= 0.3 is 5.92 Å². The Morgan fingerprint density at radius 1 is 1.08 bits per heavy atom. The lowest BCUT2D eigenvalue weighted by Crippen LogP contribution is -2.55. The topological polar surface area (TPSA) is 120 Å². The molecule has 0 aliphatic rings. The van der Waals surface area contributed by atoms with Crippen LogP contribution in [-0.4, -0.2) is 34.8 Å². The Hall–Kier alpha value is -3.60. The molecule has 0 saturated carbocycles. The minimum absolute atomic E-state index is 0.0814. The van der Waals surface area contributed by atoms with Gasteiger partial charge in [-0.25, -0.2) is 14.2 Å². The van der Waals surface area contributed by atoms with Gasteiger partial charge in [-0.2, -0.15) is 14.0 Å². The average Bonchev–Trinajstić information content (AvgIpc) is 2.89. The van der Waals surface area contributed by atoms with Crippen LogP contribution in [0.4, 0.5) is 17.6 Å². The molecule has 1 heterocycles. The van der Waals surface area contributed by atoms with Crippen molar-refractivity contribution < 1.29 is 37.2 Å². The number of rotatable bonds is 13. The van der Waals surface area contributed by atoms with Gasteiger partial charge in [0, 0.05) is 18.2 Å². The van der Waals surface area contributed by atoms with E-state index in [1.165, 1.54) is 30.3 Å². The third kappa shape index (κ3) is 6.83. The van der Waals surface area contributed by atoms with E-state index in [1.54, 1.807) is 0 Å². The van der Waals surface area contributed by atoms with Gasteiger partial charge in [0.2, 0.25) is 6.41 Å². The maximum atomic E-state index is 15.8. The van der Waals surface area contributed by atoms with Gasteiger partial charge in [0.15, 0.2) is 5.60 Å². The summed E-state index contributed by atoms with van der Waals surface area (Å²) in [4.78, 5) is 3.71. The van der Waals surface area contributed by atoms with Crippen molar-refractivity contribution in [3.8, 4) is 17.6 Å². The number of aliphatic hydroxyl groups excluding tert-OH is 1. The van der Waals surface area contributed by atoms with Crippen LogP contribution in [0.2, 0.25) is 0 Å². The monoisotopic (exact) mass is 534 g/mol. The molecule has 4 N–H and O–H groups in total. The summed E-state index contributed by atoms with van der Waals surface area (Å²) in [6.07, 6.45) is 0.812. The number of ether oxygens (including phenoxy) is 2. The number of pyridine rings is 1. The minimum Gasteiger partial charge on any atom is -0.456 e. The number of nitriles is 1. The van der Waals surface area contributed by atoms with Crippen molar-refractivity contribution in [3.63, 3.8) is 0 Å². The van der Waals surface area contributed by atoms with Gasteiger partial charge in [0.25, 0.3) is 0 Å². The van der Waals surface area contributed by atoms with Crippen molar-refractivity contribution in [2.75, 3.05) is 13.2 Å². The Balaban J connectivity index is 1.84. The van der Waals surface area contributed by atoms with Gasteiger partial charge < -0.3 is 19.7 Å². The van der Waals surface area contributed by atoms with Crippen LogP contribution in [0.5, 0.6) is 11.5 Å². The molecule has 0 aliphatic heterocycles. The fraction of sp³-hybridized carbons (Fsp3) is 0.308. The van der Waals surface area contributed by atoms with E-state index in [4.69, 9.17) is 14.7 Å². The minimum atomic E-state index is -4.22. The van der Waals surface area contributed by atoms with Crippen molar-refractivity contribution in [3.05, 3.63) is 89.2 Å². The Morgan fingerprint density at radius 3 is 2.39 bits per heavy atom. The summed E-state index contributed by atoms with van der Waals surface area (Å²) < 4.78 is 70.3. The molecule has 2 atom stereocenters. The number of halogens is 4. The Morgan fingerprint density at radius 2 is 1.79 bits per heavy atom. The summed E-state index contributed by atoms with van der Waals surface area (Å²) in [7, 11) is 0. The van der Waals surface area contributed by atoms with Gasteiger partial charge in [0.05, 0.1) is 24.4 Å². The van der Waals surface area contributed by atoms with E-state index < -0.39 is 47.4 Å². The van der Waals surface area contributed by atoms with E-state index >= 15 is 8.78 Å². The standard InChI is InChI=1S/C26H26F4N4O4/c1-2-3-12-37-24(35)34-33-16-25(36,21-10-6-18(27)13-22(21)28)26(29,30)23-11-9-20(15-32-23)38-19-7-4-17(14-31)5-8-19/h4-11,13,15,24,33-36H,2-3,12,16H2,1H3. The van der Waals surface area contributed by atoms with Crippen LogP contribution < -0.4 is 15.6 Å². The van der Waals surface area contributed by atoms with E-state index in [-0.39, 0.29) is 12.4 Å². The van der Waals surface area contributed by atoms with Crippen molar-refractivity contribution in [1.29, 1.82) is 5.26 Å². The summed E-state index contributed by atoms with van der Waals surface area (Å²) in [5.74, 6) is -6.25. The molecular formula is C26H26F4N4O4. The molecule has 2 aromatic carbocycles. The van der Waals surface area contributed by atoms with Crippen LogP contribution in [0, 0.1) is 23.0 Å². The van der Waals surface area contributed by atoms with Crippen LogP contribution in [-0.2, 0) is 16.3 Å². The lowest BCUT2D eigenvalue weighted by atomic mass is 9.84. The molecular weight excluding hydrogens is 508 g/mol. The second kappa shape index (κ2) is 12.8. The SMILES string of the molecule is CCCCOC(O)NNCC(O)(c1ccc(F)cc1F)C(F)(F)c1ccc(Oc2ccc(C#N)cc2)cn1. The fourth-order valence-electron chi connectivity index (χ4n) is 3.42. The predicted octanol–water partition coefficient (Wildman–Crippen LogP) is 4.19. The van der Waals surface area contributed by atoms with Crippen LogP contribution in [0.3, 0.4) is 0 Å². The van der Waals surface area contributed by atoms with Crippen LogP contribution in [0.25, 0.3) is 0 Å². The summed E-state index contributed by atoms with van der Waals surface area (Å²) >= 11 is 0. The Bertz CT molecular complexity index is 1240. The zero-order chi connectivity index (χ0) is 27.8. The number of hydrazine groups is 1. The quantitative estimate of drug-likeness (QED) is 0.112. The molecule has 202 valence electrons. The highest BCUT2D eigenvalue weighted by Crippen LogP contribution is 2.45. The first kappa shape index (κ1) is 29.0. The summed E-state index contributed by atoms with van der Waals surface area (Å²) in [6, 6.07) is 11.9. The normalized spacial score (nSPS) is 13.9. The number of alkyl halides is 2. The molecule has 1 aromatic heterocycles. The Labute approximate surface area is 216 Å². The predicted molar refractivity (Wildman–Crippen MR) is 128 cm³/mol. The van der Waals surface area contributed by atoms with E-state index in [0.29, 0.717) is 29.9 Å². The first-order chi connectivity index (χ1) is 18.1. The molecule has 0 amide bonds. The molecule has 0 radical (unpaired) electrons. The van der Waals surface area contributed by atoms with Crippen molar-refractivity contribution in [2.45, 2.75) is 37.7 Å². The smallest absolute Gasteiger partial charge is 0.323 e. The lowest BCUT2D eigenvalue weighted by molar-refractivity contribution is -0.202. The summed E-state index contributed by atoms with van der Waals surface area (Å²) in [6.45, 7) is 1.04. The molecule has 2 unspecified atom stereocenters. The highest BCUT2D eigenvalue weighted by molar-refractivity contribution is 5.38. The summed E-state index contributed by atoms with van der Waals surface area (Å²) in [5, 5.41) is 29.9. The average molecular weight is 535 g/mol. The molecule has 3 aromatic rings. The number of nitrogens with zero attached hydrogens (tertiary/aromatic N) is 2. The van der Waals surface area contributed by atoms with E-state index in [9.17, 15) is 19.0 Å². The molecule has 3 rings (SSSR count). The molecule has 0 aliphatic carbocycles. The van der Waals surface area contributed by atoms with Crippen LogP contribution >= 0.6 is 0 Å². The highest BCUT2D eigenvalue weighted by atomic mass is 19.3. The zero-order valence-corrected chi connectivity index (χ0v) is 20.3. The largest absolute Gasteiger partial charge is 0.456 e. The number of unbranched alkanes of at least 4 members (excludes halogenated alkanes) is 1. The van der Waals surface area contributed by atoms with Crippen molar-refractivity contribution in [2.24, 2.45) is 0 Å². The third-order valence-corrected chi connectivity index (χ3v) is 5.52. The van der Waals surface area contributed by atoms with Gasteiger partial charge in [-0.05, 0) is 48.9 Å². The fourth-order valence-corrected chi connectivity index (χ4v) is 3.42. The zero-order valence-electron chi connectivity index (χ0n) is 20.3. The maximum Gasteiger partial charge on any atom is 0.323 e. The van der Waals surface area contributed by atoms with E-state index in [2.05, 4.69) is 15.8 Å². The molecule has 0 bridgehead atoms. The number of nitrogens with one attached hydrogen (secondary N) is 2. The molecule has 0 spiro atoms. The second-order valence-electron chi connectivity index (χ2n) is 8.25. The first-order valence-corrected chi connectivity index (χ1v) is 11.6. The van der Waals surface area contributed by atoms with Crippen molar-refractivity contribution >= 4 is 0 Å². The van der Waals surface area contributed by atoms with E-state index in [1.807, 2.05) is 13.0 Å². The molecule has 8 nitrogen and oxygen atoms in total. The number of benzene rings is 2. The number of hydrogen-bond donors (Lipinski definition) is 4. The van der Waals surface area contributed by atoms with Crippen LogP contribution in [0.15, 0.2) is 60.8 Å². The van der Waals surface area contributed by atoms with Gasteiger partial charge in [-0.15, -0.1) is 0 Å². The Kier molecular flexibility index (Phi) is 9.73. The van der Waals surface area contributed by atoms with Crippen molar-refractivity contribution in [1.82, 2.24) is 15.8 Å². The maximum absolute atomic E-state index is 15.8. The van der Waals surface area contributed by atoms with E-state index in [0.717, 1.165) is 24.8 Å². The molecule has 0 saturated heterocycles. The summed E-state index contributed by atoms with van der Waals surface area (Å²) in [5.41, 5.74) is -0.291. The third-order valence-electron chi connectivity index (χ3n) is 5.52. The number of hydrogen-bond acceptors (Lipinski definition) is 8. The molecule has 0 fully saturated rings. The molecule has 12 heteroatoms. The van der Waals surface area contributed by atoms with Gasteiger partial charge in [-0.1, -0.05) is 19.4 Å². The van der Waals surface area contributed by atoms with Crippen LogP contribution in [0.1, 0.15) is 36.6 Å². The highest BCUT2D eigenvalue weighted by Gasteiger charge is 2.57. The molecule has 38 heavy (non-hydrogen) atoms. The van der Waals surface area contributed by atoms with Gasteiger partial charge in [-0.3, -0.25) is 10.4 Å².